The van der Waals surface area contributed by atoms with E-state index in [0.29, 0.717) is 5.69 Å². The number of hydrogen-bond donors (Lipinski definition) is 3. The van der Waals surface area contributed by atoms with Crippen molar-refractivity contribution in [3.63, 3.8) is 0 Å². The number of rotatable bonds is 3. The molecule has 0 aliphatic carbocycles. The zero-order chi connectivity index (χ0) is 10.0. The van der Waals surface area contributed by atoms with Crippen LogP contribution >= 0.6 is 0 Å². The first-order valence-electron chi connectivity index (χ1n) is 4.33. The summed E-state index contributed by atoms with van der Waals surface area (Å²) in [5.74, 6) is 0. The summed E-state index contributed by atoms with van der Waals surface area (Å²) in [5, 5.41) is 12.8. The van der Waals surface area contributed by atoms with Gasteiger partial charge in [-0.25, -0.2) is 0 Å². The van der Waals surface area contributed by atoms with Crippen molar-refractivity contribution in [1.29, 1.82) is 0 Å². The number of nitrogen functional groups attached to an aromatic ring is 1. The second kappa shape index (κ2) is 3.81. The molecule has 4 nitrogen and oxygen atoms in total. The van der Waals surface area contributed by atoms with Gasteiger partial charge in [0.05, 0.1) is 0 Å². The van der Waals surface area contributed by atoms with Gasteiger partial charge >= 0.3 is 0 Å². The largest absolute Gasteiger partial charge is 0.397 e. The highest BCUT2D eigenvalue weighted by molar-refractivity contribution is 5.39. The van der Waals surface area contributed by atoms with E-state index in [4.69, 9.17) is 5.73 Å². The molecule has 2 atom stereocenters. The third kappa shape index (κ3) is 2.02. The highest BCUT2D eigenvalue weighted by Crippen LogP contribution is 2.19. The van der Waals surface area contributed by atoms with Crippen molar-refractivity contribution in [2.24, 2.45) is 7.05 Å². The van der Waals surface area contributed by atoms with Crippen LogP contribution in [0.2, 0.25) is 0 Å². The minimum Gasteiger partial charge on any atom is -0.397 e. The first kappa shape index (κ1) is 10.1. The first-order chi connectivity index (χ1) is 6.06. The zero-order valence-electron chi connectivity index (χ0n) is 8.28. The Kier molecular flexibility index (Phi) is 2.95. The van der Waals surface area contributed by atoms with Gasteiger partial charge in [-0.15, -0.1) is 0 Å². The molecule has 0 amide bonds. The molecular weight excluding hydrogens is 166 g/mol. The van der Waals surface area contributed by atoms with E-state index in [2.05, 4.69) is 5.32 Å². The summed E-state index contributed by atoms with van der Waals surface area (Å²) < 4.78 is 1.84. The second-order valence-electron chi connectivity index (χ2n) is 3.33. The summed E-state index contributed by atoms with van der Waals surface area (Å²) in [4.78, 5) is 0. The van der Waals surface area contributed by atoms with E-state index in [1.54, 1.807) is 12.3 Å². The number of aliphatic hydroxyl groups excluding tert-OH is 1. The van der Waals surface area contributed by atoms with E-state index in [0.717, 1.165) is 5.69 Å². The summed E-state index contributed by atoms with van der Waals surface area (Å²) in [6.45, 7) is 1.92. The molecule has 0 saturated heterocycles. The van der Waals surface area contributed by atoms with Crippen molar-refractivity contribution in [3.8, 4) is 0 Å². The average Bonchev–Trinajstić information content (AvgIpc) is 2.42. The van der Waals surface area contributed by atoms with Gasteiger partial charge in [-0.2, -0.15) is 0 Å². The molecule has 1 heterocycles. The van der Waals surface area contributed by atoms with Gasteiger partial charge < -0.3 is 20.7 Å². The fourth-order valence-corrected chi connectivity index (χ4v) is 1.32. The first-order valence-corrected chi connectivity index (χ1v) is 4.33. The van der Waals surface area contributed by atoms with Crippen LogP contribution in [0, 0.1) is 0 Å². The van der Waals surface area contributed by atoms with Crippen LogP contribution in [0.25, 0.3) is 0 Å². The molecule has 0 aliphatic rings. The van der Waals surface area contributed by atoms with Crippen LogP contribution in [-0.4, -0.2) is 22.8 Å². The molecule has 0 bridgehead atoms. The van der Waals surface area contributed by atoms with Gasteiger partial charge in [-0.1, -0.05) is 0 Å². The van der Waals surface area contributed by atoms with E-state index >= 15 is 0 Å². The third-order valence-electron chi connectivity index (χ3n) is 2.30. The predicted molar refractivity (Wildman–Crippen MR) is 53.3 cm³/mol. The van der Waals surface area contributed by atoms with Crippen LogP contribution in [-0.2, 0) is 7.05 Å². The number of aliphatic hydroxyl groups is 1. The Morgan fingerprint density at radius 1 is 1.62 bits per heavy atom. The standard InChI is InChI=1S/C9H17N3O/c1-6(11-2)9(13)8-4-7(10)5-12(8)3/h4-6,9,11,13H,10H2,1-3H3. The second-order valence-corrected chi connectivity index (χ2v) is 3.33. The Morgan fingerprint density at radius 2 is 2.23 bits per heavy atom. The molecule has 4 heteroatoms. The molecule has 1 rings (SSSR count). The predicted octanol–water partition coefficient (Wildman–Crippen LogP) is 0.249. The number of hydrogen-bond acceptors (Lipinski definition) is 3. The lowest BCUT2D eigenvalue weighted by atomic mass is 10.1. The molecule has 4 N–H and O–H groups in total. The smallest absolute Gasteiger partial charge is 0.109 e. The van der Waals surface area contributed by atoms with E-state index < -0.39 is 6.10 Å². The Hall–Kier alpha value is -1.00. The number of likely N-dealkylation sites (N-methyl/N-ethyl adjacent to an activating group) is 1. The van der Waals surface area contributed by atoms with Crippen molar-refractivity contribution in [3.05, 3.63) is 18.0 Å². The van der Waals surface area contributed by atoms with Gasteiger partial charge in [0.15, 0.2) is 0 Å². The molecule has 0 spiro atoms. The fourth-order valence-electron chi connectivity index (χ4n) is 1.32. The number of nitrogens with two attached hydrogens (primary N) is 1. The minimum absolute atomic E-state index is 0.0213. The molecule has 1 aromatic heterocycles. The van der Waals surface area contributed by atoms with Crippen molar-refractivity contribution >= 4 is 5.69 Å². The van der Waals surface area contributed by atoms with Gasteiger partial charge in [0.1, 0.15) is 6.10 Å². The van der Waals surface area contributed by atoms with E-state index in [1.165, 1.54) is 0 Å². The molecule has 0 saturated carbocycles. The molecule has 0 aliphatic heterocycles. The maximum Gasteiger partial charge on any atom is 0.109 e. The van der Waals surface area contributed by atoms with Crippen molar-refractivity contribution in [2.75, 3.05) is 12.8 Å². The lowest BCUT2D eigenvalue weighted by molar-refractivity contribution is 0.132. The quantitative estimate of drug-likeness (QED) is 0.629. The topological polar surface area (TPSA) is 63.2 Å². The summed E-state index contributed by atoms with van der Waals surface area (Å²) in [5.41, 5.74) is 7.12. The molecule has 13 heavy (non-hydrogen) atoms. The molecule has 74 valence electrons. The van der Waals surface area contributed by atoms with Crippen molar-refractivity contribution < 1.29 is 5.11 Å². The zero-order valence-corrected chi connectivity index (χ0v) is 8.28. The lowest BCUT2D eigenvalue weighted by Crippen LogP contribution is -2.29. The third-order valence-corrected chi connectivity index (χ3v) is 2.30. The number of aryl methyl sites for hydroxylation is 1. The highest BCUT2D eigenvalue weighted by atomic mass is 16.3. The summed E-state index contributed by atoms with van der Waals surface area (Å²) in [6.07, 6.45) is 1.27. The average molecular weight is 183 g/mol. The van der Waals surface area contributed by atoms with Crippen LogP contribution in [0.5, 0.6) is 0 Å². The summed E-state index contributed by atoms with van der Waals surface area (Å²) >= 11 is 0. The van der Waals surface area contributed by atoms with Crippen LogP contribution in [0.15, 0.2) is 12.3 Å². The van der Waals surface area contributed by atoms with Gasteiger partial charge in [0.2, 0.25) is 0 Å². The highest BCUT2D eigenvalue weighted by Gasteiger charge is 2.17. The number of anilines is 1. The van der Waals surface area contributed by atoms with Gasteiger partial charge in [-0.3, -0.25) is 0 Å². The Morgan fingerprint density at radius 3 is 2.62 bits per heavy atom. The van der Waals surface area contributed by atoms with E-state index in [9.17, 15) is 5.11 Å². The van der Waals surface area contributed by atoms with E-state index in [-0.39, 0.29) is 6.04 Å². The molecule has 0 aromatic carbocycles. The Balaban J connectivity index is 2.87. The molecule has 1 aromatic rings. The molecule has 2 unspecified atom stereocenters. The Bertz CT molecular complexity index is 282. The van der Waals surface area contributed by atoms with Gasteiger partial charge in [-0.05, 0) is 20.0 Å². The van der Waals surface area contributed by atoms with Gasteiger partial charge in [0.25, 0.3) is 0 Å². The maximum atomic E-state index is 9.84. The molecule has 0 radical (unpaired) electrons. The normalized spacial score (nSPS) is 15.7. The van der Waals surface area contributed by atoms with Crippen molar-refractivity contribution in [1.82, 2.24) is 9.88 Å². The molecule has 0 fully saturated rings. The van der Waals surface area contributed by atoms with Crippen LogP contribution in [0.4, 0.5) is 5.69 Å². The summed E-state index contributed by atoms with van der Waals surface area (Å²) in [7, 11) is 3.69. The maximum absolute atomic E-state index is 9.84. The van der Waals surface area contributed by atoms with E-state index in [1.807, 2.05) is 25.6 Å². The van der Waals surface area contributed by atoms with Crippen LogP contribution in [0.1, 0.15) is 18.7 Å². The SMILES string of the molecule is CNC(C)C(O)c1cc(N)cn1C. The lowest BCUT2D eigenvalue weighted by Gasteiger charge is -2.18. The van der Waals surface area contributed by atoms with Gasteiger partial charge in [0, 0.05) is 30.7 Å². The Labute approximate surface area is 78.4 Å². The fraction of sp³-hybridized carbons (Fsp3) is 0.556. The number of nitrogens with zero attached hydrogens (tertiary/aromatic N) is 1. The van der Waals surface area contributed by atoms with Crippen LogP contribution < -0.4 is 11.1 Å². The number of aromatic nitrogens is 1. The summed E-state index contributed by atoms with van der Waals surface area (Å²) in [6, 6.07) is 1.81. The molecular formula is C9H17N3O. The van der Waals surface area contributed by atoms with Crippen molar-refractivity contribution in [2.45, 2.75) is 19.1 Å². The monoisotopic (exact) mass is 183 g/mol. The minimum atomic E-state index is -0.521. The van der Waals surface area contributed by atoms with Crippen LogP contribution in [0.3, 0.4) is 0 Å². The number of nitrogens with one attached hydrogen (secondary N) is 1.